The van der Waals surface area contributed by atoms with Gasteiger partial charge in [-0.25, -0.2) is 13.2 Å². The van der Waals surface area contributed by atoms with Crippen LogP contribution in [0.2, 0.25) is 0 Å². The smallest absolute Gasteiger partial charge is 0.359 e. The molecule has 2 aromatic rings. The van der Waals surface area contributed by atoms with Crippen molar-refractivity contribution >= 4 is 32.5 Å². The number of rotatable bonds is 1. The number of aliphatic hydroxyl groups excluding tert-OH is 1. The minimum Gasteiger partial charge on any atom is -0.505 e. The van der Waals surface area contributed by atoms with Crippen molar-refractivity contribution in [3.8, 4) is 0 Å². The summed E-state index contributed by atoms with van der Waals surface area (Å²) in [5.74, 6) is -1.40. The van der Waals surface area contributed by atoms with E-state index in [2.05, 4.69) is 9.46 Å². The van der Waals surface area contributed by atoms with Crippen LogP contribution in [0.1, 0.15) is 5.56 Å². The first-order chi connectivity index (χ1) is 9.95. The predicted octanol–water partition coefficient (Wildman–Crippen LogP) is 1.53. The first-order valence-corrected chi connectivity index (χ1v) is 7.50. The van der Waals surface area contributed by atoms with Crippen molar-refractivity contribution < 1.29 is 23.1 Å². The van der Waals surface area contributed by atoms with Crippen LogP contribution < -0.4 is 4.72 Å². The van der Waals surface area contributed by atoms with Crippen LogP contribution in [0.25, 0.3) is 16.5 Å². The molecule has 2 aromatic carbocycles. The van der Waals surface area contributed by atoms with E-state index in [0.29, 0.717) is 5.39 Å². The quantitative estimate of drug-likeness (QED) is 0.779. The lowest BCUT2D eigenvalue weighted by molar-refractivity contribution is -0.136. The lowest BCUT2D eigenvalue weighted by Crippen LogP contribution is -2.33. The van der Waals surface area contributed by atoms with Gasteiger partial charge in [-0.05, 0) is 11.5 Å². The molecule has 1 aliphatic rings. The first kappa shape index (κ1) is 13.4. The number of sulfonamides is 1. The van der Waals surface area contributed by atoms with E-state index in [0.717, 1.165) is 12.5 Å². The minimum absolute atomic E-state index is 0.0502. The number of fused-ring (bicyclic) bond motifs is 3. The molecule has 108 valence electrons. The third-order valence-electron chi connectivity index (χ3n) is 3.27. The Morgan fingerprint density at radius 2 is 1.90 bits per heavy atom. The van der Waals surface area contributed by atoms with E-state index in [1.807, 2.05) is 0 Å². The van der Waals surface area contributed by atoms with Crippen molar-refractivity contribution in [1.82, 2.24) is 4.72 Å². The average Bonchev–Trinajstić information content (AvgIpc) is 2.49. The molecule has 6 nitrogen and oxygen atoms in total. The highest BCUT2D eigenvalue weighted by Gasteiger charge is 2.34. The normalized spacial score (nSPS) is 16.2. The molecule has 0 radical (unpaired) electrons. The molecule has 0 saturated heterocycles. The second-order valence-electron chi connectivity index (χ2n) is 4.48. The van der Waals surface area contributed by atoms with E-state index >= 15 is 0 Å². The van der Waals surface area contributed by atoms with Gasteiger partial charge in [-0.1, -0.05) is 30.3 Å². The van der Waals surface area contributed by atoms with Crippen molar-refractivity contribution in [3.63, 3.8) is 0 Å². The number of nitrogens with one attached hydrogen (secondary N) is 1. The number of carbonyl (C=O) groups is 1. The third kappa shape index (κ3) is 1.93. The molecule has 3 rings (SSSR count). The minimum atomic E-state index is -3.97. The number of esters is 1. The second kappa shape index (κ2) is 4.49. The maximum atomic E-state index is 12.4. The van der Waals surface area contributed by atoms with Crippen molar-refractivity contribution in [1.29, 1.82) is 0 Å². The Kier molecular flexibility index (Phi) is 2.87. The maximum absolute atomic E-state index is 12.4. The van der Waals surface area contributed by atoms with Gasteiger partial charge in [0.25, 0.3) is 10.0 Å². The highest BCUT2D eigenvalue weighted by molar-refractivity contribution is 7.90. The Morgan fingerprint density at radius 1 is 1.19 bits per heavy atom. The highest BCUT2D eigenvalue weighted by Crippen LogP contribution is 2.34. The number of aliphatic hydroxyl groups is 1. The van der Waals surface area contributed by atoms with Gasteiger partial charge in [-0.2, -0.15) is 0 Å². The van der Waals surface area contributed by atoms with Gasteiger partial charge >= 0.3 is 5.97 Å². The van der Waals surface area contributed by atoms with Gasteiger partial charge in [0.15, 0.2) is 11.5 Å². The number of ether oxygens (including phenoxy) is 1. The summed E-state index contributed by atoms with van der Waals surface area (Å²) in [6.07, 6.45) is 0. The van der Waals surface area contributed by atoms with E-state index in [4.69, 9.17) is 0 Å². The fourth-order valence-electron chi connectivity index (χ4n) is 2.33. The number of hydrogen-bond donors (Lipinski definition) is 2. The van der Waals surface area contributed by atoms with Crippen LogP contribution in [0, 0.1) is 0 Å². The standard InChI is InChI=1S/C14H11NO5S/c1-20-14(17)11-12(16)10-7-6-8-4-2-3-5-9(8)13(10)21(18,19)15-11/h2-7,15-16H,1H3. The lowest BCUT2D eigenvalue weighted by atomic mass is 10.0. The molecular weight excluding hydrogens is 294 g/mol. The molecule has 0 saturated carbocycles. The maximum Gasteiger partial charge on any atom is 0.359 e. The Hall–Kier alpha value is -2.54. The van der Waals surface area contributed by atoms with E-state index in [1.54, 1.807) is 30.3 Å². The number of hydrogen-bond acceptors (Lipinski definition) is 5. The van der Waals surface area contributed by atoms with Gasteiger partial charge in [0, 0.05) is 10.9 Å². The zero-order valence-electron chi connectivity index (χ0n) is 11.0. The number of benzene rings is 2. The van der Waals surface area contributed by atoms with Crippen LogP contribution >= 0.6 is 0 Å². The van der Waals surface area contributed by atoms with Crippen molar-refractivity contribution in [3.05, 3.63) is 47.7 Å². The summed E-state index contributed by atoms with van der Waals surface area (Å²) in [7, 11) is -2.87. The van der Waals surface area contributed by atoms with Crippen LogP contribution in [0.15, 0.2) is 47.0 Å². The van der Waals surface area contributed by atoms with Crippen LogP contribution in [-0.4, -0.2) is 26.6 Å². The lowest BCUT2D eigenvalue weighted by Gasteiger charge is -2.21. The Bertz CT molecular complexity index is 899. The second-order valence-corrected chi connectivity index (χ2v) is 6.10. The molecule has 0 aliphatic carbocycles. The topological polar surface area (TPSA) is 92.7 Å². The van der Waals surface area contributed by atoms with Gasteiger partial charge in [0.05, 0.1) is 7.11 Å². The molecule has 1 aliphatic heterocycles. The number of methoxy groups -OCH3 is 1. The summed E-state index contributed by atoms with van der Waals surface area (Å²) in [4.78, 5) is 11.5. The largest absolute Gasteiger partial charge is 0.505 e. The van der Waals surface area contributed by atoms with E-state index < -0.39 is 27.4 Å². The summed E-state index contributed by atoms with van der Waals surface area (Å²) in [5, 5.41) is 11.4. The molecule has 0 bridgehead atoms. The first-order valence-electron chi connectivity index (χ1n) is 6.02. The molecular formula is C14H11NO5S. The predicted molar refractivity (Wildman–Crippen MR) is 75.8 cm³/mol. The monoisotopic (exact) mass is 305 g/mol. The third-order valence-corrected chi connectivity index (χ3v) is 4.72. The van der Waals surface area contributed by atoms with E-state index in [1.165, 1.54) is 6.07 Å². The SMILES string of the molecule is COC(=O)C1=C(O)c2ccc3ccccc3c2S(=O)(=O)N1. The van der Waals surface area contributed by atoms with Gasteiger partial charge in [0.1, 0.15) is 4.90 Å². The van der Waals surface area contributed by atoms with Crippen molar-refractivity contribution in [2.75, 3.05) is 7.11 Å². The molecule has 0 spiro atoms. The van der Waals surface area contributed by atoms with Crippen LogP contribution in [0.5, 0.6) is 0 Å². The summed E-state index contributed by atoms with van der Waals surface area (Å²) in [6, 6.07) is 10.0. The number of carbonyl (C=O) groups excluding carboxylic acids is 1. The summed E-state index contributed by atoms with van der Waals surface area (Å²) in [6.45, 7) is 0. The molecule has 0 aromatic heterocycles. The average molecular weight is 305 g/mol. The van der Waals surface area contributed by atoms with Crippen molar-refractivity contribution in [2.24, 2.45) is 0 Å². The van der Waals surface area contributed by atoms with Gasteiger partial charge in [0.2, 0.25) is 0 Å². The fourth-order valence-corrected chi connectivity index (χ4v) is 3.81. The molecule has 7 heteroatoms. The van der Waals surface area contributed by atoms with Gasteiger partial charge in [-0.15, -0.1) is 0 Å². The van der Waals surface area contributed by atoms with Gasteiger partial charge in [-0.3, -0.25) is 4.72 Å². The zero-order valence-corrected chi connectivity index (χ0v) is 11.8. The highest BCUT2D eigenvalue weighted by atomic mass is 32.2. The summed E-state index contributed by atoms with van der Waals surface area (Å²) < 4.78 is 31.3. The van der Waals surface area contributed by atoms with Crippen LogP contribution in [0.3, 0.4) is 0 Å². The van der Waals surface area contributed by atoms with Gasteiger partial charge < -0.3 is 9.84 Å². The van der Waals surface area contributed by atoms with Crippen LogP contribution in [-0.2, 0) is 19.6 Å². The molecule has 2 N–H and O–H groups in total. The molecule has 0 unspecified atom stereocenters. The Balaban J connectivity index is 2.42. The summed E-state index contributed by atoms with van der Waals surface area (Å²) >= 11 is 0. The Morgan fingerprint density at radius 3 is 2.62 bits per heavy atom. The summed E-state index contributed by atoms with van der Waals surface area (Å²) in [5.41, 5.74) is -0.409. The Labute approximate surface area is 120 Å². The van der Waals surface area contributed by atoms with Crippen LogP contribution in [0.4, 0.5) is 0 Å². The molecule has 0 atom stereocenters. The molecule has 21 heavy (non-hydrogen) atoms. The van der Waals surface area contributed by atoms with E-state index in [9.17, 15) is 18.3 Å². The van der Waals surface area contributed by atoms with E-state index in [-0.39, 0.29) is 10.5 Å². The molecule has 0 fully saturated rings. The zero-order chi connectivity index (χ0) is 15.2. The molecule has 1 heterocycles. The fraction of sp³-hybridized carbons (Fsp3) is 0.0714. The van der Waals surface area contributed by atoms with Crippen molar-refractivity contribution in [2.45, 2.75) is 4.90 Å². The molecule has 0 amide bonds.